The highest BCUT2D eigenvalue weighted by Gasteiger charge is 2.11. The van der Waals surface area contributed by atoms with Crippen molar-refractivity contribution in [2.24, 2.45) is 0 Å². The first-order chi connectivity index (χ1) is 12.5. The number of aryl methyl sites for hydroxylation is 2. The quantitative estimate of drug-likeness (QED) is 0.399. The van der Waals surface area contributed by atoms with Crippen LogP contribution >= 0.6 is 0 Å². The van der Waals surface area contributed by atoms with E-state index in [9.17, 15) is 4.39 Å². The number of hydrogen-bond acceptors (Lipinski definition) is 6. The molecule has 0 bridgehead atoms. The Kier molecular flexibility index (Phi) is 5.01. The van der Waals surface area contributed by atoms with E-state index in [0.29, 0.717) is 23.5 Å². The van der Waals surface area contributed by atoms with E-state index >= 15 is 0 Å². The fraction of sp³-hybridized carbons (Fsp3) is 0.278. The molecule has 2 aromatic heterocycles. The van der Waals surface area contributed by atoms with E-state index in [2.05, 4.69) is 25.5 Å². The number of halogens is 1. The van der Waals surface area contributed by atoms with E-state index in [1.807, 2.05) is 13.8 Å². The van der Waals surface area contributed by atoms with Gasteiger partial charge in [-0.1, -0.05) is 0 Å². The third-order valence-electron chi connectivity index (χ3n) is 4.30. The molecule has 1 aromatic carbocycles. The van der Waals surface area contributed by atoms with Crippen molar-refractivity contribution in [1.82, 2.24) is 20.2 Å². The Hall–Kier alpha value is -3.16. The molecule has 8 heteroatoms. The van der Waals surface area contributed by atoms with Gasteiger partial charge in [0.2, 0.25) is 5.95 Å². The summed E-state index contributed by atoms with van der Waals surface area (Å²) >= 11 is 0. The highest BCUT2D eigenvalue weighted by molar-refractivity contribution is 5.75. The van der Waals surface area contributed by atoms with Crippen molar-refractivity contribution in [3.8, 4) is 11.3 Å². The van der Waals surface area contributed by atoms with Crippen LogP contribution in [0.2, 0.25) is 0 Å². The number of aromatic amines is 1. The molecule has 0 saturated carbocycles. The zero-order valence-electron chi connectivity index (χ0n) is 14.8. The van der Waals surface area contributed by atoms with E-state index in [1.54, 1.807) is 12.1 Å². The van der Waals surface area contributed by atoms with E-state index in [1.165, 1.54) is 17.8 Å². The Morgan fingerprint density at radius 2 is 2.04 bits per heavy atom. The van der Waals surface area contributed by atoms with Gasteiger partial charge in [0.1, 0.15) is 5.82 Å². The predicted molar refractivity (Wildman–Crippen MR) is 101 cm³/mol. The molecule has 7 nitrogen and oxygen atoms in total. The molecule has 26 heavy (non-hydrogen) atoms. The number of hydrogen-bond donors (Lipinski definition) is 4. The number of rotatable bonds is 6. The minimum absolute atomic E-state index is 0.0893. The molecule has 0 fully saturated rings. The number of aromatic nitrogens is 4. The van der Waals surface area contributed by atoms with Gasteiger partial charge in [-0.25, -0.2) is 14.4 Å². The SMILES string of the molecule is Cc1n[nH]c(C)c1CCCNc1cc(-c2ccnc(N)n2)cc(F)c1N. The summed E-state index contributed by atoms with van der Waals surface area (Å²) in [7, 11) is 0. The standard InChI is InChI=1S/C18H22FN7/c1-10-13(11(2)26-25-10)4-3-6-22-16-9-12(8-14(19)17(16)20)15-5-7-23-18(21)24-15/h5,7-9,22H,3-4,6,20H2,1-2H3,(H,25,26)(H2,21,23,24). The topological polar surface area (TPSA) is 119 Å². The first-order valence-electron chi connectivity index (χ1n) is 8.38. The van der Waals surface area contributed by atoms with E-state index < -0.39 is 5.82 Å². The zero-order valence-corrected chi connectivity index (χ0v) is 14.8. The van der Waals surface area contributed by atoms with Crippen molar-refractivity contribution >= 4 is 17.3 Å². The van der Waals surface area contributed by atoms with Crippen LogP contribution in [0.15, 0.2) is 24.4 Å². The Bertz CT molecular complexity index is 900. The van der Waals surface area contributed by atoms with Gasteiger partial charge in [0.05, 0.1) is 22.8 Å². The van der Waals surface area contributed by atoms with Gasteiger partial charge in [-0.15, -0.1) is 0 Å². The maximum atomic E-state index is 14.2. The molecular formula is C18H22FN7. The Balaban J connectivity index is 1.71. The summed E-state index contributed by atoms with van der Waals surface area (Å²) in [4.78, 5) is 7.98. The van der Waals surface area contributed by atoms with Crippen LogP contribution in [0.4, 0.5) is 21.7 Å². The van der Waals surface area contributed by atoms with Gasteiger partial charge < -0.3 is 16.8 Å². The average molecular weight is 355 g/mol. The average Bonchev–Trinajstić information content (AvgIpc) is 2.93. The molecule has 0 saturated heterocycles. The first kappa shape index (κ1) is 17.7. The maximum Gasteiger partial charge on any atom is 0.220 e. The van der Waals surface area contributed by atoms with Crippen LogP contribution in [-0.4, -0.2) is 26.7 Å². The highest BCUT2D eigenvalue weighted by Crippen LogP contribution is 2.29. The van der Waals surface area contributed by atoms with Crippen molar-refractivity contribution in [1.29, 1.82) is 0 Å². The number of H-pyrrole nitrogens is 1. The summed E-state index contributed by atoms with van der Waals surface area (Å²) in [5.74, 6) is -0.358. The lowest BCUT2D eigenvalue weighted by atomic mass is 10.1. The summed E-state index contributed by atoms with van der Waals surface area (Å²) in [6, 6.07) is 4.80. The van der Waals surface area contributed by atoms with Crippen LogP contribution in [0.5, 0.6) is 0 Å². The summed E-state index contributed by atoms with van der Waals surface area (Å²) in [5, 5.41) is 10.4. The van der Waals surface area contributed by atoms with Crippen molar-refractivity contribution < 1.29 is 4.39 Å². The number of nitrogen functional groups attached to an aromatic ring is 2. The Labute approximate surface area is 151 Å². The molecule has 6 N–H and O–H groups in total. The van der Waals surface area contributed by atoms with Gasteiger partial charge in [-0.3, -0.25) is 5.10 Å². The molecule has 0 radical (unpaired) electrons. The van der Waals surface area contributed by atoms with Crippen LogP contribution in [-0.2, 0) is 6.42 Å². The number of anilines is 3. The number of nitrogens with zero attached hydrogens (tertiary/aromatic N) is 3. The highest BCUT2D eigenvalue weighted by atomic mass is 19.1. The van der Waals surface area contributed by atoms with Crippen molar-refractivity contribution in [3.63, 3.8) is 0 Å². The molecular weight excluding hydrogens is 333 g/mol. The third-order valence-corrected chi connectivity index (χ3v) is 4.30. The van der Waals surface area contributed by atoms with E-state index in [0.717, 1.165) is 24.2 Å². The van der Waals surface area contributed by atoms with Gasteiger partial charge in [0, 0.05) is 24.0 Å². The molecule has 0 amide bonds. The van der Waals surface area contributed by atoms with Crippen LogP contribution in [0.1, 0.15) is 23.4 Å². The molecule has 3 rings (SSSR count). The van der Waals surface area contributed by atoms with Gasteiger partial charge in [-0.05, 0) is 50.5 Å². The monoisotopic (exact) mass is 355 g/mol. The lowest BCUT2D eigenvalue weighted by Gasteiger charge is -2.12. The molecule has 0 aliphatic heterocycles. The number of nitrogens with two attached hydrogens (primary N) is 2. The second-order valence-electron chi connectivity index (χ2n) is 6.16. The van der Waals surface area contributed by atoms with E-state index in [4.69, 9.17) is 11.5 Å². The van der Waals surface area contributed by atoms with Gasteiger partial charge in [0.25, 0.3) is 0 Å². The molecule has 136 valence electrons. The fourth-order valence-corrected chi connectivity index (χ4v) is 2.88. The van der Waals surface area contributed by atoms with Crippen LogP contribution in [0, 0.1) is 19.7 Å². The summed E-state index contributed by atoms with van der Waals surface area (Å²) in [6.45, 7) is 4.65. The van der Waals surface area contributed by atoms with Crippen molar-refractivity contribution in [3.05, 3.63) is 47.2 Å². The molecule has 0 aliphatic rings. The minimum Gasteiger partial charge on any atom is -0.395 e. The van der Waals surface area contributed by atoms with Crippen LogP contribution < -0.4 is 16.8 Å². The number of benzene rings is 1. The van der Waals surface area contributed by atoms with Crippen LogP contribution in [0.25, 0.3) is 11.3 Å². The molecule has 0 atom stereocenters. The lowest BCUT2D eigenvalue weighted by Crippen LogP contribution is -2.07. The van der Waals surface area contributed by atoms with Gasteiger partial charge >= 0.3 is 0 Å². The van der Waals surface area contributed by atoms with Crippen molar-refractivity contribution in [2.75, 3.05) is 23.3 Å². The smallest absolute Gasteiger partial charge is 0.220 e. The Morgan fingerprint density at radius 3 is 2.73 bits per heavy atom. The lowest BCUT2D eigenvalue weighted by molar-refractivity contribution is 0.633. The molecule has 2 heterocycles. The van der Waals surface area contributed by atoms with Gasteiger partial charge in [0.15, 0.2) is 0 Å². The second-order valence-corrected chi connectivity index (χ2v) is 6.16. The predicted octanol–water partition coefficient (Wildman–Crippen LogP) is 2.83. The third kappa shape index (κ3) is 3.74. The minimum atomic E-state index is -0.497. The van der Waals surface area contributed by atoms with Gasteiger partial charge in [-0.2, -0.15) is 5.10 Å². The summed E-state index contributed by atoms with van der Waals surface area (Å²) < 4.78 is 14.2. The van der Waals surface area contributed by atoms with E-state index in [-0.39, 0.29) is 11.6 Å². The normalized spacial score (nSPS) is 10.9. The first-order valence-corrected chi connectivity index (χ1v) is 8.38. The summed E-state index contributed by atoms with van der Waals surface area (Å²) in [5.41, 5.74) is 16.6. The Morgan fingerprint density at radius 1 is 1.23 bits per heavy atom. The second kappa shape index (κ2) is 7.38. The fourth-order valence-electron chi connectivity index (χ4n) is 2.88. The largest absolute Gasteiger partial charge is 0.395 e. The molecule has 0 aliphatic carbocycles. The molecule has 3 aromatic rings. The maximum absolute atomic E-state index is 14.2. The van der Waals surface area contributed by atoms with Crippen LogP contribution in [0.3, 0.4) is 0 Å². The number of nitrogens with one attached hydrogen (secondary N) is 2. The summed E-state index contributed by atoms with van der Waals surface area (Å²) in [6.07, 6.45) is 3.28. The van der Waals surface area contributed by atoms with Crippen molar-refractivity contribution in [2.45, 2.75) is 26.7 Å². The zero-order chi connectivity index (χ0) is 18.7. The molecule has 0 spiro atoms. The molecule has 0 unspecified atom stereocenters.